The molecule has 2 radical (unpaired) electrons. The number of aromatic carboxylic acids is 2. The number of carboxylic acid groups (broad SMARTS) is 2. The summed E-state index contributed by atoms with van der Waals surface area (Å²) >= 11 is 0. The molecule has 0 aliphatic heterocycles. The second-order valence-corrected chi connectivity index (χ2v) is 16.1. The molecule has 240 valence electrons. The Kier molecular flexibility index (Phi) is 10.3. The van der Waals surface area contributed by atoms with Gasteiger partial charge in [0, 0.05) is 120 Å². The number of benzene rings is 3. The topological polar surface area (TPSA) is 93.1 Å². The Morgan fingerprint density at radius 2 is 0.792 bits per heavy atom. The van der Waals surface area contributed by atoms with Gasteiger partial charge in [-0.2, -0.15) is 0 Å². The Labute approximate surface area is 368 Å². The van der Waals surface area contributed by atoms with E-state index in [9.17, 15) is 19.8 Å². The smallest absolute Gasteiger partial charge is 0.335 e. The van der Waals surface area contributed by atoms with Crippen molar-refractivity contribution in [3.8, 4) is 23.0 Å². The first-order valence-electron chi connectivity index (χ1n) is 17.4. The number of hydrogen-bond acceptors (Lipinski definition) is 4. The first-order chi connectivity index (χ1) is 22.2. The normalized spacial score (nSPS) is 33.4. The molecule has 0 heterocycles. The summed E-state index contributed by atoms with van der Waals surface area (Å²) in [5.74, 6) is 5.64. The molecule has 8 aliphatic rings. The van der Waals surface area contributed by atoms with E-state index >= 15 is 0 Å². The van der Waals surface area contributed by atoms with Crippen molar-refractivity contribution in [3.05, 3.63) is 82.9 Å². The second kappa shape index (κ2) is 13.8. The monoisotopic (exact) mass is 696 g/mol. The van der Waals surface area contributed by atoms with Crippen LogP contribution in [0.4, 0.5) is 0 Å². The zero-order chi connectivity index (χ0) is 31.2. The molecule has 0 aromatic heterocycles. The van der Waals surface area contributed by atoms with Crippen LogP contribution in [0.25, 0.3) is 0 Å². The maximum atomic E-state index is 11.6. The fraction of sp³-hybridized carbons (Fsp3) is 0.500. The predicted octanol–water partition coefficient (Wildman–Crippen LogP) is 8.84. The third-order valence-electron chi connectivity index (χ3n) is 13.0. The number of carboxylic acids is 2. The van der Waals surface area contributed by atoms with Crippen LogP contribution in [0.1, 0.15) is 109 Å². The molecule has 6 nitrogen and oxygen atoms in total. The van der Waals surface area contributed by atoms with Crippen LogP contribution in [0, 0.1) is 35.5 Å². The van der Waals surface area contributed by atoms with Crippen molar-refractivity contribution in [1.29, 1.82) is 0 Å². The first-order valence-corrected chi connectivity index (χ1v) is 17.4. The van der Waals surface area contributed by atoms with Gasteiger partial charge in [0.15, 0.2) is 0 Å². The predicted molar refractivity (Wildman–Crippen MR) is 185 cm³/mol. The summed E-state index contributed by atoms with van der Waals surface area (Å²) in [4.78, 5) is 23.1. The van der Waals surface area contributed by atoms with Crippen molar-refractivity contribution >= 4 is 115 Å². The summed E-state index contributed by atoms with van der Waals surface area (Å²) in [7, 11) is 0. The van der Waals surface area contributed by atoms with Crippen LogP contribution >= 0.6 is 0 Å². The van der Waals surface area contributed by atoms with Crippen molar-refractivity contribution in [2.24, 2.45) is 35.5 Å². The van der Waals surface area contributed by atoms with E-state index in [0.29, 0.717) is 11.5 Å². The Morgan fingerprint density at radius 3 is 1.06 bits per heavy atom. The molecule has 0 spiro atoms. The fourth-order valence-corrected chi connectivity index (χ4v) is 12.0. The summed E-state index contributed by atoms with van der Waals surface area (Å²) in [6, 6.07) is 18.1. The van der Waals surface area contributed by atoms with Crippen molar-refractivity contribution in [2.75, 3.05) is 0 Å². The maximum Gasteiger partial charge on any atom is 0.335 e. The third kappa shape index (κ3) is 6.52. The molecule has 8 bridgehead atoms. The first kappa shape index (κ1) is 35.9. The van der Waals surface area contributed by atoms with Crippen LogP contribution in [-0.4, -0.2) is 125 Å². The molecule has 0 amide bonds. The van der Waals surface area contributed by atoms with Gasteiger partial charge in [0.2, 0.25) is 0 Å². The molecule has 0 saturated heterocycles. The molecule has 8 aliphatic carbocycles. The summed E-state index contributed by atoms with van der Waals surface area (Å²) in [6.07, 6.45) is 15.5. The van der Waals surface area contributed by atoms with Gasteiger partial charge in [0.25, 0.3) is 0 Å². The zero-order valence-corrected chi connectivity index (χ0v) is 34.5. The summed E-state index contributed by atoms with van der Waals surface area (Å²) in [5.41, 5.74) is 3.30. The van der Waals surface area contributed by atoms with E-state index in [0.717, 1.165) is 47.0 Å². The largest absolute Gasteiger partial charge is 0.478 e. The minimum atomic E-state index is -0.953. The van der Waals surface area contributed by atoms with Crippen LogP contribution in [0.5, 0.6) is 23.0 Å². The van der Waals surface area contributed by atoms with E-state index in [1.807, 2.05) is 0 Å². The van der Waals surface area contributed by atoms with Gasteiger partial charge in [-0.25, -0.2) is 9.59 Å². The molecule has 0 atom stereocenters. The quantitative estimate of drug-likeness (QED) is 0.229. The van der Waals surface area contributed by atoms with Crippen LogP contribution < -0.4 is 9.47 Å². The Balaban J connectivity index is 0.00000182. The summed E-state index contributed by atoms with van der Waals surface area (Å²) < 4.78 is 13.6. The van der Waals surface area contributed by atoms with E-state index in [2.05, 4.69) is 12.1 Å². The molecular weight excluding hydrogens is 655 g/mol. The van der Waals surface area contributed by atoms with Crippen molar-refractivity contribution in [1.82, 2.24) is 0 Å². The number of rotatable bonds is 8. The fourth-order valence-electron chi connectivity index (χ4n) is 12.0. The van der Waals surface area contributed by atoms with Gasteiger partial charge >= 0.3 is 11.9 Å². The zero-order valence-electron chi connectivity index (χ0n) is 28.3. The van der Waals surface area contributed by atoms with E-state index < -0.39 is 11.9 Å². The van der Waals surface area contributed by atoms with Gasteiger partial charge < -0.3 is 19.7 Å². The summed E-state index contributed by atoms with van der Waals surface area (Å²) in [6.45, 7) is 0. The second-order valence-electron chi connectivity index (χ2n) is 16.1. The number of ether oxygens (including phenoxy) is 2. The molecular formula is C40H42K2O6. The van der Waals surface area contributed by atoms with Gasteiger partial charge in [-0.15, -0.1) is 0 Å². The van der Waals surface area contributed by atoms with E-state index in [1.54, 1.807) is 48.5 Å². The van der Waals surface area contributed by atoms with Gasteiger partial charge in [-0.1, -0.05) is 0 Å². The molecule has 48 heavy (non-hydrogen) atoms. The molecule has 8 heteroatoms. The Hall–Kier alpha value is -0.527. The number of carbonyl (C=O) groups is 2. The minimum absolute atomic E-state index is 0. The molecule has 8 fully saturated rings. The Morgan fingerprint density at radius 1 is 0.500 bits per heavy atom. The molecule has 3 aromatic carbocycles. The van der Waals surface area contributed by atoms with Gasteiger partial charge in [0.1, 0.15) is 23.0 Å². The molecule has 8 saturated carbocycles. The average molecular weight is 697 g/mol. The summed E-state index contributed by atoms with van der Waals surface area (Å²) in [5, 5.41) is 19.0. The average Bonchev–Trinajstić information content (AvgIpc) is 3.00. The van der Waals surface area contributed by atoms with Crippen molar-refractivity contribution in [3.63, 3.8) is 0 Å². The maximum absolute atomic E-state index is 11.6. The van der Waals surface area contributed by atoms with Gasteiger partial charge in [0.05, 0.1) is 11.1 Å². The Bertz CT molecular complexity index is 1520. The third-order valence-corrected chi connectivity index (χ3v) is 13.0. The van der Waals surface area contributed by atoms with Gasteiger partial charge in [-0.3, -0.25) is 0 Å². The van der Waals surface area contributed by atoms with Crippen LogP contribution in [-0.2, 0) is 10.8 Å². The van der Waals surface area contributed by atoms with Crippen molar-refractivity contribution in [2.45, 2.75) is 87.9 Å². The molecule has 11 rings (SSSR count). The minimum Gasteiger partial charge on any atom is -0.478 e. The number of hydrogen-bond donors (Lipinski definition) is 2. The van der Waals surface area contributed by atoms with Crippen molar-refractivity contribution < 1.29 is 29.3 Å². The van der Waals surface area contributed by atoms with Crippen LogP contribution in [0.3, 0.4) is 0 Å². The van der Waals surface area contributed by atoms with Crippen LogP contribution in [0.15, 0.2) is 60.7 Å². The molecule has 2 N–H and O–H groups in total. The molecule has 3 aromatic rings. The van der Waals surface area contributed by atoms with E-state index in [1.165, 1.54) is 88.2 Å². The van der Waals surface area contributed by atoms with E-state index in [4.69, 9.17) is 9.47 Å². The van der Waals surface area contributed by atoms with Crippen LogP contribution in [0.2, 0.25) is 0 Å². The molecule has 0 unspecified atom stereocenters. The standard InChI is InChI=1S/C40H42O6.2K/c41-37(42)29-1-5-31(6-2-29)45-35-16-36(46-32-7-3-30(4-8-32)38(43)44)34(40-20-26-12-27(21-40)14-28(13-26)22-40)15-33(35)39-17-23-9-24(18-39)11-25(10-23)19-39;;/h1-8,15-16,23-28H,9-14,17-22H2,(H,41,42)(H,43,44);;. The van der Waals surface area contributed by atoms with E-state index in [-0.39, 0.29) is 125 Å². The SMILES string of the molecule is O=C(O)c1ccc(Oc2cc(Oc3ccc(C(=O)O)cc3)c(C34CC5CC(CC(C5)C3)C4)cc2C23CC4CC(CC(C4)C2)C3)cc1.[K].[K]. The van der Waals surface area contributed by atoms with Gasteiger partial charge in [-0.05, 0) is 178 Å².